The quantitative estimate of drug-likeness (QED) is 0.404. The largest absolute Gasteiger partial charge is 0.384 e. The highest BCUT2D eigenvalue weighted by Gasteiger charge is 2.23. The Kier molecular flexibility index (Phi) is 6.15. The molecule has 0 amide bonds. The molecule has 174 valence electrons. The Labute approximate surface area is 194 Å². The molecule has 1 saturated heterocycles. The summed E-state index contributed by atoms with van der Waals surface area (Å²) in [7, 11) is 1.62. The molecule has 5 rings (SSSR count). The molecule has 1 fully saturated rings. The summed E-state index contributed by atoms with van der Waals surface area (Å²) in [4.78, 5) is 25.0. The van der Waals surface area contributed by atoms with Gasteiger partial charge >= 0.3 is 0 Å². The molecule has 1 atom stereocenters. The van der Waals surface area contributed by atoms with Crippen LogP contribution in [0.25, 0.3) is 28.1 Å². The van der Waals surface area contributed by atoms with Crippen LogP contribution in [0.1, 0.15) is 18.7 Å². The van der Waals surface area contributed by atoms with E-state index in [0.29, 0.717) is 60.6 Å². The molecule has 4 aromatic rings. The molecule has 33 heavy (non-hydrogen) atoms. The van der Waals surface area contributed by atoms with Crippen molar-refractivity contribution < 1.29 is 14.0 Å². The molecule has 0 aliphatic carbocycles. The molecule has 10 nitrogen and oxygen atoms in total. The maximum Gasteiger partial charge on any atom is 0.277 e. The normalized spacial score (nSPS) is 16.1. The fraction of sp³-hybridized carbons (Fsp3) is 0.455. The number of para-hydroxylation sites is 1. The first-order chi connectivity index (χ1) is 16.1. The van der Waals surface area contributed by atoms with Crippen LogP contribution in [-0.2, 0) is 16.0 Å². The minimum Gasteiger partial charge on any atom is -0.384 e. The van der Waals surface area contributed by atoms with Gasteiger partial charge in [0.05, 0.1) is 41.8 Å². The summed E-state index contributed by atoms with van der Waals surface area (Å²) in [6.07, 6.45) is 1.60. The van der Waals surface area contributed by atoms with Crippen molar-refractivity contribution in [3.8, 4) is 11.5 Å². The average Bonchev–Trinajstić information content (AvgIpc) is 3.48. The maximum atomic E-state index is 13.8. The monoisotopic (exact) mass is 472 g/mol. The molecule has 0 bridgehead atoms. The zero-order valence-electron chi connectivity index (χ0n) is 18.5. The SMILES string of the molecule is COCC(C)c1nc(-c2ncn3c2c(=O)n(CCN2CCOCC2)c2c(Cl)cccc23)no1. The molecular formula is C22H25ClN6O4. The molecule has 11 heteroatoms. The van der Waals surface area contributed by atoms with Gasteiger partial charge in [0.1, 0.15) is 17.5 Å². The second-order valence-electron chi connectivity index (χ2n) is 8.14. The lowest BCUT2D eigenvalue weighted by Gasteiger charge is -2.27. The molecule has 1 unspecified atom stereocenters. The maximum absolute atomic E-state index is 13.8. The Morgan fingerprint density at radius 2 is 2.03 bits per heavy atom. The summed E-state index contributed by atoms with van der Waals surface area (Å²) in [5.41, 5.74) is 2.03. The summed E-state index contributed by atoms with van der Waals surface area (Å²) >= 11 is 6.57. The third kappa shape index (κ3) is 4.04. The lowest BCUT2D eigenvalue weighted by Crippen LogP contribution is -2.39. The first-order valence-electron chi connectivity index (χ1n) is 10.9. The van der Waals surface area contributed by atoms with Gasteiger partial charge in [-0.3, -0.25) is 14.1 Å². The highest BCUT2D eigenvalue weighted by molar-refractivity contribution is 6.35. The van der Waals surface area contributed by atoms with Crippen molar-refractivity contribution >= 4 is 28.2 Å². The number of ether oxygens (including phenoxy) is 2. The van der Waals surface area contributed by atoms with Gasteiger partial charge in [0.2, 0.25) is 11.7 Å². The van der Waals surface area contributed by atoms with E-state index >= 15 is 0 Å². The van der Waals surface area contributed by atoms with E-state index in [-0.39, 0.29) is 17.3 Å². The number of fused-ring (bicyclic) bond motifs is 3. The van der Waals surface area contributed by atoms with Crippen LogP contribution in [0.2, 0.25) is 5.02 Å². The van der Waals surface area contributed by atoms with Crippen LogP contribution >= 0.6 is 11.6 Å². The molecule has 0 N–H and O–H groups in total. The van der Waals surface area contributed by atoms with Crippen molar-refractivity contribution in [2.45, 2.75) is 19.4 Å². The van der Waals surface area contributed by atoms with Crippen LogP contribution in [0.3, 0.4) is 0 Å². The standard InChI is InChI=1S/C22H25ClN6O4/c1-14(12-31-2)21-25-20(26-33-21)17-19-22(30)28(7-6-27-8-10-32-11-9-27)18-15(23)4-3-5-16(18)29(19)13-24-17/h3-5,13-14H,6-12H2,1-2H3. The van der Waals surface area contributed by atoms with Crippen LogP contribution in [0.15, 0.2) is 33.8 Å². The zero-order chi connectivity index (χ0) is 22.9. The summed E-state index contributed by atoms with van der Waals surface area (Å²) < 4.78 is 19.5. The molecule has 1 aromatic carbocycles. The van der Waals surface area contributed by atoms with E-state index < -0.39 is 0 Å². The second-order valence-corrected chi connectivity index (χ2v) is 8.55. The molecule has 1 aliphatic rings. The number of halogens is 1. The van der Waals surface area contributed by atoms with Gasteiger partial charge in [0, 0.05) is 33.3 Å². The van der Waals surface area contributed by atoms with Gasteiger partial charge in [0.25, 0.3) is 5.56 Å². The number of aromatic nitrogens is 5. The van der Waals surface area contributed by atoms with Gasteiger partial charge in [-0.15, -0.1) is 0 Å². The molecule has 4 heterocycles. The highest BCUT2D eigenvalue weighted by Crippen LogP contribution is 2.27. The Hall–Kier alpha value is -2.79. The average molecular weight is 473 g/mol. The third-order valence-corrected chi connectivity index (χ3v) is 6.25. The highest BCUT2D eigenvalue weighted by atomic mass is 35.5. The van der Waals surface area contributed by atoms with Crippen molar-refractivity contribution in [1.82, 2.24) is 29.0 Å². The number of morpholine rings is 1. The van der Waals surface area contributed by atoms with Crippen molar-refractivity contribution in [2.24, 2.45) is 0 Å². The Balaban J connectivity index is 1.63. The van der Waals surface area contributed by atoms with Gasteiger partial charge < -0.3 is 18.6 Å². The summed E-state index contributed by atoms with van der Waals surface area (Å²) in [5.74, 6) is 0.632. The lowest BCUT2D eigenvalue weighted by molar-refractivity contribution is 0.0364. The van der Waals surface area contributed by atoms with Crippen molar-refractivity contribution in [3.05, 3.63) is 45.8 Å². The van der Waals surface area contributed by atoms with E-state index in [2.05, 4.69) is 20.0 Å². The second kappa shape index (κ2) is 9.22. The van der Waals surface area contributed by atoms with E-state index in [1.807, 2.05) is 19.1 Å². The predicted octanol–water partition coefficient (Wildman–Crippen LogP) is 2.43. The molecule has 3 aromatic heterocycles. The zero-order valence-corrected chi connectivity index (χ0v) is 19.3. The first-order valence-corrected chi connectivity index (χ1v) is 11.3. The summed E-state index contributed by atoms with van der Waals surface area (Å²) in [6.45, 7) is 6.65. The van der Waals surface area contributed by atoms with Gasteiger partial charge in [0.15, 0.2) is 0 Å². The molecule has 0 spiro atoms. The fourth-order valence-corrected chi connectivity index (χ4v) is 4.50. The predicted molar refractivity (Wildman–Crippen MR) is 123 cm³/mol. The summed E-state index contributed by atoms with van der Waals surface area (Å²) in [5, 5.41) is 4.60. The van der Waals surface area contributed by atoms with E-state index in [1.54, 1.807) is 28.5 Å². The Morgan fingerprint density at radius 1 is 1.21 bits per heavy atom. The molecule has 0 radical (unpaired) electrons. The van der Waals surface area contributed by atoms with Crippen molar-refractivity contribution in [3.63, 3.8) is 0 Å². The third-order valence-electron chi connectivity index (χ3n) is 5.95. The minimum absolute atomic E-state index is 0.0741. The number of methoxy groups -OCH3 is 1. The van der Waals surface area contributed by atoms with Gasteiger partial charge in [-0.1, -0.05) is 29.7 Å². The minimum atomic E-state index is -0.201. The van der Waals surface area contributed by atoms with Crippen LogP contribution < -0.4 is 5.56 Å². The Morgan fingerprint density at radius 3 is 2.82 bits per heavy atom. The van der Waals surface area contributed by atoms with Crippen molar-refractivity contribution in [1.29, 1.82) is 0 Å². The fourth-order valence-electron chi connectivity index (χ4n) is 4.23. The van der Waals surface area contributed by atoms with Crippen LogP contribution in [0.4, 0.5) is 0 Å². The van der Waals surface area contributed by atoms with E-state index in [1.165, 1.54) is 0 Å². The van der Waals surface area contributed by atoms with E-state index in [0.717, 1.165) is 18.6 Å². The van der Waals surface area contributed by atoms with Gasteiger partial charge in [-0.25, -0.2) is 4.98 Å². The summed E-state index contributed by atoms with van der Waals surface area (Å²) in [6, 6.07) is 5.58. The van der Waals surface area contributed by atoms with Crippen LogP contribution in [-0.4, -0.2) is 75.6 Å². The van der Waals surface area contributed by atoms with E-state index in [9.17, 15) is 4.79 Å². The Bertz CT molecular complexity index is 1340. The number of hydrogen-bond acceptors (Lipinski definition) is 8. The first kappa shape index (κ1) is 22.0. The topological polar surface area (TPSA) is 99.9 Å². The number of rotatable bonds is 7. The molecule has 1 aliphatic heterocycles. The number of benzene rings is 1. The smallest absolute Gasteiger partial charge is 0.277 e. The van der Waals surface area contributed by atoms with Crippen LogP contribution in [0.5, 0.6) is 0 Å². The number of hydrogen-bond donors (Lipinski definition) is 0. The molecule has 0 saturated carbocycles. The van der Waals surface area contributed by atoms with Gasteiger partial charge in [-0.05, 0) is 12.1 Å². The van der Waals surface area contributed by atoms with Gasteiger partial charge in [-0.2, -0.15) is 4.98 Å². The van der Waals surface area contributed by atoms with E-state index in [4.69, 9.17) is 25.6 Å². The van der Waals surface area contributed by atoms with Crippen LogP contribution in [0, 0.1) is 0 Å². The molecular weight excluding hydrogens is 448 g/mol. The number of imidazole rings is 1. The van der Waals surface area contributed by atoms with Crippen molar-refractivity contribution in [2.75, 3.05) is 46.6 Å². The lowest BCUT2D eigenvalue weighted by atomic mass is 10.2. The number of nitrogens with zero attached hydrogens (tertiary/aromatic N) is 6.